The lowest BCUT2D eigenvalue weighted by molar-refractivity contribution is -0.133. The quantitative estimate of drug-likeness (QED) is 0.879. The van der Waals surface area contributed by atoms with Gasteiger partial charge in [0.2, 0.25) is 5.91 Å². The Morgan fingerprint density at radius 3 is 2.56 bits per heavy atom. The third-order valence-corrected chi connectivity index (χ3v) is 4.61. The minimum atomic E-state index is -0.355. The zero-order valence-electron chi connectivity index (χ0n) is 15.0. The van der Waals surface area contributed by atoms with Gasteiger partial charge >= 0.3 is 0 Å². The van der Waals surface area contributed by atoms with Gasteiger partial charge in [-0.3, -0.25) is 9.48 Å². The van der Waals surface area contributed by atoms with Gasteiger partial charge in [-0.25, -0.2) is 0 Å². The normalized spacial score (nSPS) is 16.0. The van der Waals surface area contributed by atoms with E-state index < -0.39 is 0 Å². The van der Waals surface area contributed by atoms with Crippen molar-refractivity contribution < 1.29 is 9.53 Å². The van der Waals surface area contributed by atoms with Crippen molar-refractivity contribution in [1.29, 1.82) is 0 Å². The zero-order chi connectivity index (χ0) is 17.8. The lowest BCUT2D eigenvalue weighted by atomic mass is 10.1. The maximum Gasteiger partial charge on any atom is 0.244 e. The number of benzene rings is 1. The molecule has 1 unspecified atom stereocenters. The molecule has 7 heteroatoms. The summed E-state index contributed by atoms with van der Waals surface area (Å²) in [6, 6.07) is 7.64. The molecule has 1 aliphatic rings. The molecule has 1 N–H and O–H groups in total. The number of para-hydroxylation sites is 2. The zero-order valence-corrected chi connectivity index (χ0v) is 15.0. The molecule has 3 rings (SSSR count). The number of anilines is 1. The molecule has 25 heavy (non-hydrogen) atoms. The molecule has 0 saturated carbocycles. The van der Waals surface area contributed by atoms with Crippen LogP contribution >= 0.6 is 0 Å². The number of likely N-dealkylation sites (N-methyl/N-ethyl adjacent to an activating group) is 1. The largest absolute Gasteiger partial charge is 0.495 e. The third kappa shape index (κ3) is 3.61. The smallest absolute Gasteiger partial charge is 0.244 e. The number of amides is 1. The molecule has 7 nitrogen and oxygen atoms in total. The first-order chi connectivity index (χ1) is 12.1. The number of nitrogens with zero attached hydrogens (tertiary/aromatic N) is 4. The SMILES string of the molecule is CNC(C(=O)N1CCN(c2ccccc2OC)CC1)c1cnn(C)c1. The van der Waals surface area contributed by atoms with Crippen LogP contribution in [0.2, 0.25) is 0 Å². The highest BCUT2D eigenvalue weighted by Crippen LogP contribution is 2.28. The van der Waals surface area contributed by atoms with E-state index in [0.717, 1.165) is 30.1 Å². The van der Waals surface area contributed by atoms with Gasteiger partial charge in [0.25, 0.3) is 0 Å². The molecule has 0 bridgehead atoms. The number of methoxy groups -OCH3 is 1. The summed E-state index contributed by atoms with van der Waals surface area (Å²) < 4.78 is 7.16. The number of aromatic nitrogens is 2. The van der Waals surface area contributed by atoms with Crippen molar-refractivity contribution in [3.05, 3.63) is 42.2 Å². The van der Waals surface area contributed by atoms with Crippen molar-refractivity contribution in [3.63, 3.8) is 0 Å². The third-order valence-electron chi connectivity index (χ3n) is 4.61. The molecule has 1 aliphatic heterocycles. The molecule has 2 heterocycles. The standard InChI is InChI=1S/C18H25N5O2/c1-19-17(14-12-20-21(2)13-14)18(24)23-10-8-22(9-11-23)15-6-4-5-7-16(15)25-3/h4-7,12-13,17,19H,8-11H2,1-3H3. The summed E-state index contributed by atoms with van der Waals surface area (Å²) in [7, 11) is 5.34. The fraction of sp³-hybridized carbons (Fsp3) is 0.444. The van der Waals surface area contributed by atoms with Gasteiger partial charge in [-0.05, 0) is 19.2 Å². The Hall–Kier alpha value is -2.54. The maximum absolute atomic E-state index is 12.9. The van der Waals surface area contributed by atoms with Gasteiger partial charge in [-0.2, -0.15) is 5.10 Å². The van der Waals surface area contributed by atoms with Crippen LogP contribution in [0.15, 0.2) is 36.7 Å². The van der Waals surface area contributed by atoms with Crippen LogP contribution in [0.3, 0.4) is 0 Å². The van der Waals surface area contributed by atoms with Crippen molar-refractivity contribution in [2.75, 3.05) is 45.2 Å². The Morgan fingerprint density at radius 1 is 1.24 bits per heavy atom. The van der Waals surface area contributed by atoms with Gasteiger partial charge in [0.05, 0.1) is 19.0 Å². The summed E-state index contributed by atoms with van der Waals surface area (Å²) in [4.78, 5) is 17.1. The number of piperazine rings is 1. The number of nitrogens with one attached hydrogen (secondary N) is 1. The predicted octanol–water partition coefficient (Wildman–Crippen LogP) is 1.04. The molecule has 0 spiro atoms. The average molecular weight is 343 g/mol. The first-order valence-corrected chi connectivity index (χ1v) is 8.46. The molecule has 0 radical (unpaired) electrons. The maximum atomic E-state index is 12.9. The number of ether oxygens (including phenoxy) is 1. The molecule has 1 aromatic carbocycles. The van der Waals surface area contributed by atoms with Gasteiger partial charge in [0.15, 0.2) is 0 Å². The molecule has 1 amide bonds. The minimum absolute atomic E-state index is 0.0928. The average Bonchev–Trinajstić information content (AvgIpc) is 3.08. The van der Waals surface area contributed by atoms with Crippen molar-refractivity contribution in [2.24, 2.45) is 7.05 Å². The highest BCUT2D eigenvalue weighted by molar-refractivity contribution is 5.83. The lowest BCUT2D eigenvalue weighted by Crippen LogP contribution is -2.51. The summed E-state index contributed by atoms with van der Waals surface area (Å²) in [5.74, 6) is 0.959. The second kappa shape index (κ2) is 7.57. The molecular weight excluding hydrogens is 318 g/mol. The van der Waals surface area contributed by atoms with Crippen LogP contribution in [0.4, 0.5) is 5.69 Å². The van der Waals surface area contributed by atoms with Crippen LogP contribution in [0.5, 0.6) is 5.75 Å². The Bertz CT molecular complexity index is 722. The first-order valence-electron chi connectivity index (χ1n) is 8.46. The van der Waals surface area contributed by atoms with Crippen molar-refractivity contribution in [1.82, 2.24) is 20.0 Å². The Labute approximate surface area is 148 Å². The van der Waals surface area contributed by atoms with Gasteiger partial charge in [0, 0.05) is 45.0 Å². The molecule has 134 valence electrons. The number of carbonyl (C=O) groups is 1. The van der Waals surface area contributed by atoms with Crippen LogP contribution in [0.25, 0.3) is 0 Å². The summed E-state index contributed by atoms with van der Waals surface area (Å²) in [5, 5.41) is 7.28. The number of aryl methyl sites for hydroxylation is 1. The van der Waals surface area contributed by atoms with E-state index in [4.69, 9.17) is 4.74 Å². The highest BCUT2D eigenvalue weighted by Gasteiger charge is 2.29. The van der Waals surface area contributed by atoms with Gasteiger partial charge in [-0.1, -0.05) is 12.1 Å². The number of hydrogen-bond acceptors (Lipinski definition) is 5. The monoisotopic (exact) mass is 343 g/mol. The van der Waals surface area contributed by atoms with Crippen molar-refractivity contribution in [3.8, 4) is 5.75 Å². The molecule has 1 aromatic heterocycles. The predicted molar refractivity (Wildman–Crippen MR) is 96.8 cm³/mol. The van der Waals surface area contributed by atoms with Crippen LogP contribution in [-0.2, 0) is 11.8 Å². The Kier molecular flexibility index (Phi) is 5.23. The minimum Gasteiger partial charge on any atom is -0.495 e. The van der Waals surface area contributed by atoms with Crippen LogP contribution < -0.4 is 15.0 Å². The van der Waals surface area contributed by atoms with Crippen LogP contribution in [-0.4, -0.2) is 60.9 Å². The number of rotatable bonds is 5. The first kappa shape index (κ1) is 17.3. The van der Waals surface area contributed by atoms with Crippen LogP contribution in [0.1, 0.15) is 11.6 Å². The second-order valence-corrected chi connectivity index (χ2v) is 6.15. The molecule has 2 aromatic rings. The molecular formula is C18H25N5O2. The van der Waals surface area contributed by atoms with E-state index in [1.165, 1.54) is 0 Å². The molecule has 1 saturated heterocycles. The number of carbonyl (C=O) groups excluding carboxylic acids is 1. The molecule has 1 fully saturated rings. The summed E-state index contributed by atoms with van der Waals surface area (Å²) in [6.07, 6.45) is 3.62. The number of hydrogen-bond donors (Lipinski definition) is 1. The summed E-state index contributed by atoms with van der Waals surface area (Å²) in [5.41, 5.74) is 1.97. The van der Waals surface area contributed by atoms with E-state index in [1.54, 1.807) is 25.0 Å². The van der Waals surface area contributed by atoms with E-state index >= 15 is 0 Å². The second-order valence-electron chi connectivity index (χ2n) is 6.15. The highest BCUT2D eigenvalue weighted by atomic mass is 16.5. The summed E-state index contributed by atoms with van der Waals surface area (Å²) >= 11 is 0. The molecule has 1 atom stereocenters. The fourth-order valence-electron chi connectivity index (χ4n) is 3.26. The van der Waals surface area contributed by atoms with Gasteiger partial charge in [-0.15, -0.1) is 0 Å². The van der Waals surface area contributed by atoms with E-state index in [-0.39, 0.29) is 11.9 Å². The fourth-order valence-corrected chi connectivity index (χ4v) is 3.26. The van der Waals surface area contributed by atoms with E-state index in [0.29, 0.717) is 13.1 Å². The Balaban J connectivity index is 1.66. The summed E-state index contributed by atoms with van der Waals surface area (Å²) in [6.45, 7) is 2.95. The van der Waals surface area contributed by atoms with Crippen molar-refractivity contribution >= 4 is 11.6 Å². The Morgan fingerprint density at radius 2 is 1.96 bits per heavy atom. The van der Waals surface area contributed by atoms with Crippen LogP contribution in [0, 0.1) is 0 Å². The lowest BCUT2D eigenvalue weighted by Gasteiger charge is -2.37. The van der Waals surface area contributed by atoms with Gasteiger partial charge in [0.1, 0.15) is 11.8 Å². The van der Waals surface area contributed by atoms with Gasteiger partial charge < -0.3 is 19.9 Å². The van der Waals surface area contributed by atoms with E-state index in [1.807, 2.05) is 36.3 Å². The van der Waals surface area contributed by atoms with E-state index in [2.05, 4.69) is 21.4 Å². The van der Waals surface area contributed by atoms with Crippen molar-refractivity contribution in [2.45, 2.75) is 6.04 Å². The van der Waals surface area contributed by atoms with E-state index in [9.17, 15) is 4.79 Å². The molecule has 0 aliphatic carbocycles. The topological polar surface area (TPSA) is 62.6 Å².